The highest BCUT2D eigenvalue weighted by Crippen LogP contribution is 2.43. The zero-order valence-electron chi connectivity index (χ0n) is 16.0. The first-order chi connectivity index (χ1) is 13.0. The molecule has 5 nitrogen and oxygen atoms in total. The fourth-order valence-corrected chi connectivity index (χ4v) is 3.41. The van der Waals surface area contributed by atoms with E-state index in [1.165, 1.54) is 5.56 Å². The van der Waals surface area contributed by atoms with Gasteiger partial charge in [-0.2, -0.15) is 5.10 Å². The molecule has 0 aliphatic heterocycles. The maximum Gasteiger partial charge on any atom is 0.255 e. The molecule has 1 aromatic carbocycles. The summed E-state index contributed by atoms with van der Waals surface area (Å²) < 4.78 is 7.30. The van der Waals surface area contributed by atoms with Crippen molar-refractivity contribution in [2.24, 2.45) is 0 Å². The molecule has 27 heavy (non-hydrogen) atoms. The maximum absolute atomic E-state index is 13.1. The fourth-order valence-electron chi connectivity index (χ4n) is 3.41. The third-order valence-corrected chi connectivity index (χ3v) is 4.97. The number of benzene rings is 1. The highest BCUT2D eigenvalue weighted by atomic mass is 16.3. The van der Waals surface area contributed by atoms with Crippen molar-refractivity contribution in [3.63, 3.8) is 0 Å². The Labute approximate surface area is 159 Å². The van der Waals surface area contributed by atoms with E-state index in [4.69, 9.17) is 9.52 Å². The predicted molar refractivity (Wildman–Crippen MR) is 104 cm³/mol. The van der Waals surface area contributed by atoms with Crippen LogP contribution in [0, 0.1) is 6.92 Å². The van der Waals surface area contributed by atoms with E-state index in [9.17, 15) is 4.79 Å². The largest absolute Gasteiger partial charge is 0.467 e. The first-order valence-corrected chi connectivity index (χ1v) is 9.55. The van der Waals surface area contributed by atoms with Gasteiger partial charge in [-0.3, -0.25) is 4.79 Å². The normalized spacial score (nSPS) is 13.9. The molecule has 0 atom stereocenters. The minimum atomic E-state index is -0.0737. The van der Waals surface area contributed by atoms with Crippen LogP contribution in [0.25, 0.3) is 5.69 Å². The topological polar surface area (TPSA) is 60.1 Å². The van der Waals surface area contributed by atoms with Gasteiger partial charge in [-0.15, -0.1) is 0 Å². The number of hydrogen-bond acceptors (Lipinski definition) is 3. The SMILES string of the molecule is Cc1ccc(-n2nc(C3CC3)c(C(=O)NCc3ccco3)c2C(C)C)cc1. The third kappa shape index (κ3) is 3.54. The monoisotopic (exact) mass is 363 g/mol. The van der Waals surface area contributed by atoms with Crippen LogP contribution >= 0.6 is 0 Å². The van der Waals surface area contributed by atoms with Crippen molar-refractivity contribution in [2.75, 3.05) is 0 Å². The van der Waals surface area contributed by atoms with Gasteiger partial charge < -0.3 is 9.73 Å². The van der Waals surface area contributed by atoms with Crippen LogP contribution in [0.3, 0.4) is 0 Å². The molecule has 1 aliphatic carbocycles. The molecular formula is C22H25N3O2. The highest BCUT2D eigenvalue weighted by molar-refractivity contribution is 5.97. The van der Waals surface area contributed by atoms with Crippen molar-refractivity contribution in [3.8, 4) is 5.69 Å². The Hall–Kier alpha value is -2.82. The molecule has 0 bridgehead atoms. The molecule has 1 fully saturated rings. The van der Waals surface area contributed by atoms with Crippen LogP contribution in [0.1, 0.15) is 71.6 Å². The van der Waals surface area contributed by atoms with Gasteiger partial charge >= 0.3 is 0 Å². The summed E-state index contributed by atoms with van der Waals surface area (Å²) in [6.07, 6.45) is 3.81. The Morgan fingerprint density at radius 1 is 1.26 bits per heavy atom. The number of carbonyl (C=O) groups is 1. The van der Waals surface area contributed by atoms with Gasteiger partial charge in [0.25, 0.3) is 5.91 Å². The Balaban J connectivity index is 1.74. The summed E-state index contributed by atoms with van der Waals surface area (Å²) in [5, 5.41) is 7.90. The van der Waals surface area contributed by atoms with E-state index in [1.54, 1.807) is 6.26 Å². The summed E-state index contributed by atoms with van der Waals surface area (Å²) in [6.45, 7) is 6.67. The minimum Gasteiger partial charge on any atom is -0.467 e. The van der Waals surface area contributed by atoms with Gasteiger partial charge in [0.15, 0.2) is 0 Å². The molecule has 5 heteroatoms. The number of furan rings is 1. The lowest BCUT2D eigenvalue weighted by molar-refractivity contribution is 0.0945. The lowest BCUT2D eigenvalue weighted by Gasteiger charge is -2.13. The van der Waals surface area contributed by atoms with Crippen LogP contribution in [0.2, 0.25) is 0 Å². The molecule has 1 aliphatic rings. The van der Waals surface area contributed by atoms with Crippen molar-refractivity contribution in [2.45, 2.75) is 52.0 Å². The fraction of sp³-hybridized carbons (Fsp3) is 0.364. The molecule has 3 aromatic rings. The van der Waals surface area contributed by atoms with Crippen molar-refractivity contribution in [1.29, 1.82) is 0 Å². The van der Waals surface area contributed by atoms with Gasteiger partial charge in [0.05, 0.1) is 35.4 Å². The summed E-state index contributed by atoms with van der Waals surface area (Å²) in [5.74, 6) is 1.23. The van der Waals surface area contributed by atoms with Crippen molar-refractivity contribution in [3.05, 3.63) is 70.9 Å². The number of nitrogens with one attached hydrogen (secondary N) is 1. The van der Waals surface area contributed by atoms with E-state index in [-0.39, 0.29) is 11.8 Å². The standard InChI is InChI=1S/C22H25N3O2/c1-14(2)21-19(22(26)23-13-18-5-4-12-27-18)20(16-8-9-16)24-25(21)17-10-6-15(3)7-11-17/h4-7,10-12,14,16H,8-9,13H2,1-3H3,(H,23,26). The molecule has 1 amide bonds. The van der Waals surface area contributed by atoms with Crippen molar-refractivity contribution in [1.82, 2.24) is 15.1 Å². The Morgan fingerprint density at radius 3 is 2.59 bits per heavy atom. The number of hydrogen-bond donors (Lipinski definition) is 1. The highest BCUT2D eigenvalue weighted by Gasteiger charge is 2.35. The van der Waals surface area contributed by atoms with Crippen LogP contribution in [0.5, 0.6) is 0 Å². The van der Waals surface area contributed by atoms with Crippen LogP contribution in [0.4, 0.5) is 0 Å². The third-order valence-electron chi connectivity index (χ3n) is 4.97. The van der Waals surface area contributed by atoms with E-state index in [2.05, 4.69) is 50.4 Å². The number of carbonyl (C=O) groups excluding carboxylic acids is 1. The van der Waals surface area contributed by atoms with Gasteiger partial charge in [0.1, 0.15) is 5.76 Å². The lowest BCUT2D eigenvalue weighted by atomic mass is 10.0. The summed E-state index contributed by atoms with van der Waals surface area (Å²) >= 11 is 0. The van der Waals surface area contributed by atoms with Crippen LogP contribution in [0.15, 0.2) is 47.1 Å². The predicted octanol–water partition coefficient (Wildman–Crippen LogP) is 4.70. The number of aromatic nitrogens is 2. The van der Waals surface area contributed by atoms with Crippen molar-refractivity contribution < 1.29 is 9.21 Å². The molecule has 0 spiro atoms. The number of amides is 1. The van der Waals surface area contributed by atoms with Gasteiger partial charge in [-0.1, -0.05) is 31.5 Å². The Kier molecular flexibility index (Phi) is 4.60. The van der Waals surface area contributed by atoms with Gasteiger partial charge in [0, 0.05) is 5.92 Å². The summed E-state index contributed by atoms with van der Waals surface area (Å²) in [4.78, 5) is 13.1. The summed E-state index contributed by atoms with van der Waals surface area (Å²) in [5.41, 5.74) is 4.83. The number of nitrogens with zero attached hydrogens (tertiary/aromatic N) is 2. The molecule has 4 rings (SSSR count). The molecule has 0 radical (unpaired) electrons. The Morgan fingerprint density at radius 2 is 2.00 bits per heavy atom. The lowest BCUT2D eigenvalue weighted by Crippen LogP contribution is -2.25. The summed E-state index contributed by atoms with van der Waals surface area (Å²) in [6, 6.07) is 12.0. The molecule has 1 saturated carbocycles. The second-order valence-electron chi connectivity index (χ2n) is 7.58. The van der Waals surface area contributed by atoms with E-state index in [0.29, 0.717) is 12.5 Å². The van der Waals surface area contributed by atoms with Crippen LogP contribution in [-0.4, -0.2) is 15.7 Å². The average Bonchev–Trinajstić information content (AvgIpc) is 3.21. The quantitative estimate of drug-likeness (QED) is 0.690. The second kappa shape index (κ2) is 7.06. The molecule has 0 saturated heterocycles. The maximum atomic E-state index is 13.1. The van der Waals surface area contributed by atoms with Gasteiger partial charge in [-0.25, -0.2) is 4.68 Å². The van der Waals surface area contributed by atoms with E-state index in [0.717, 1.165) is 41.2 Å². The second-order valence-corrected chi connectivity index (χ2v) is 7.58. The first kappa shape index (κ1) is 17.6. The minimum absolute atomic E-state index is 0.0737. The molecule has 2 aromatic heterocycles. The van der Waals surface area contributed by atoms with E-state index >= 15 is 0 Å². The molecular weight excluding hydrogens is 338 g/mol. The number of aryl methyl sites for hydroxylation is 1. The zero-order valence-corrected chi connectivity index (χ0v) is 16.0. The molecule has 0 unspecified atom stereocenters. The van der Waals surface area contributed by atoms with Crippen LogP contribution < -0.4 is 5.32 Å². The Bertz CT molecular complexity index is 933. The number of rotatable bonds is 6. The van der Waals surface area contributed by atoms with Crippen molar-refractivity contribution >= 4 is 5.91 Å². The van der Waals surface area contributed by atoms with Gasteiger partial charge in [-0.05, 0) is 49.9 Å². The smallest absolute Gasteiger partial charge is 0.255 e. The summed E-state index contributed by atoms with van der Waals surface area (Å²) in [7, 11) is 0. The molecule has 140 valence electrons. The molecule has 1 N–H and O–H groups in total. The van der Waals surface area contributed by atoms with E-state index < -0.39 is 0 Å². The zero-order chi connectivity index (χ0) is 19.0. The first-order valence-electron chi connectivity index (χ1n) is 9.55. The van der Waals surface area contributed by atoms with E-state index in [1.807, 2.05) is 16.8 Å². The average molecular weight is 363 g/mol. The van der Waals surface area contributed by atoms with Crippen LogP contribution in [-0.2, 0) is 6.54 Å². The van der Waals surface area contributed by atoms with Gasteiger partial charge in [0.2, 0.25) is 0 Å². The molecule has 2 heterocycles.